The molecule has 1 spiro atoms. The first-order valence-corrected chi connectivity index (χ1v) is 6.33. The van der Waals surface area contributed by atoms with Crippen molar-refractivity contribution >= 4 is 11.6 Å². The zero-order valence-electron chi connectivity index (χ0n) is 9.26. The number of hydrogen-bond donors (Lipinski definition) is 1. The van der Waals surface area contributed by atoms with Crippen LogP contribution in [0.4, 0.5) is 0 Å². The van der Waals surface area contributed by atoms with E-state index < -0.39 is 0 Å². The smallest absolute Gasteiger partial charge is 0.124 e. The number of fused-ring (bicyclic) bond motifs is 1. The standard InChI is InChI=1S/C13H16ClNO/c14-11-2-1-10-3-4-13(16-12(10)9-11)5-7-15-8-6-13/h1-2,9,15H,3-8H2. The molecule has 0 aromatic heterocycles. The highest BCUT2D eigenvalue weighted by molar-refractivity contribution is 6.30. The molecule has 0 aliphatic carbocycles. The van der Waals surface area contributed by atoms with Gasteiger partial charge >= 0.3 is 0 Å². The molecule has 2 nitrogen and oxygen atoms in total. The first kappa shape index (κ1) is 10.4. The van der Waals surface area contributed by atoms with Crippen LogP contribution in [-0.4, -0.2) is 18.7 Å². The number of hydrogen-bond acceptors (Lipinski definition) is 2. The predicted molar refractivity (Wildman–Crippen MR) is 65.2 cm³/mol. The highest BCUT2D eigenvalue weighted by Crippen LogP contribution is 2.39. The fourth-order valence-corrected chi connectivity index (χ4v) is 2.87. The van der Waals surface area contributed by atoms with Crippen molar-refractivity contribution in [2.24, 2.45) is 0 Å². The van der Waals surface area contributed by atoms with Crippen molar-refractivity contribution in [2.75, 3.05) is 13.1 Å². The number of nitrogens with one attached hydrogen (secondary N) is 1. The summed E-state index contributed by atoms with van der Waals surface area (Å²) in [6, 6.07) is 6.00. The van der Waals surface area contributed by atoms with E-state index in [0.29, 0.717) is 0 Å². The van der Waals surface area contributed by atoms with E-state index in [1.165, 1.54) is 5.56 Å². The van der Waals surface area contributed by atoms with E-state index in [1.807, 2.05) is 12.1 Å². The summed E-state index contributed by atoms with van der Waals surface area (Å²) in [6.07, 6.45) is 4.48. The molecule has 0 unspecified atom stereocenters. The topological polar surface area (TPSA) is 21.3 Å². The molecule has 86 valence electrons. The van der Waals surface area contributed by atoms with Crippen molar-refractivity contribution in [2.45, 2.75) is 31.3 Å². The van der Waals surface area contributed by atoms with Crippen LogP contribution in [0.2, 0.25) is 5.02 Å². The van der Waals surface area contributed by atoms with Crippen molar-refractivity contribution < 1.29 is 4.74 Å². The molecule has 0 amide bonds. The number of halogens is 1. The Bertz CT molecular complexity index is 399. The molecule has 1 fully saturated rings. The summed E-state index contributed by atoms with van der Waals surface area (Å²) in [5, 5.41) is 4.15. The zero-order valence-corrected chi connectivity index (χ0v) is 10.0. The van der Waals surface area contributed by atoms with Crippen molar-refractivity contribution in [1.29, 1.82) is 0 Å². The first-order chi connectivity index (χ1) is 7.77. The van der Waals surface area contributed by atoms with Crippen molar-refractivity contribution in [1.82, 2.24) is 5.32 Å². The molecule has 3 heteroatoms. The van der Waals surface area contributed by atoms with Gasteiger partial charge in [-0.3, -0.25) is 0 Å². The Kier molecular flexibility index (Phi) is 2.56. The largest absolute Gasteiger partial charge is 0.487 e. The van der Waals surface area contributed by atoms with Crippen LogP contribution in [0.25, 0.3) is 0 Å². The number of benzene rings is 1. The molecule has 1 N–H and O–H groups in total. The number of aryl methyl sites for hydroxylation is 1. The van der Waals surface area contributed by atoms with E-state index in [4.69, 9.17) is 16.3 Å². The van der Waals surface area contributed by atoms with Crippen LogP contribution in [0.5, 0.6) is 5.75 Å². The number of ether oxygens (including phenoxy) is 1. The minimum absolute atomic E-state index is 0.0724. The van der Waals surface area contributed by atoms with Crippen molar-refractivity contribution in [3.05, 3.63) is 28.8 Å². The highest BCUT2D eigenvalue weighted by Gasteiger charge is 2.37. The van der Waals surface area contributed by atoms with Gasteiger partial charge in [-0.25, -0.2) is 0 Å². The second-order valence-electron chi connectivity index (χ2n) is 4.79. The van der Waals surface area contributed by atoms with E-state index in [9.17, 15) is 0 Å². The van der Waals surface area contributed by atoms with Crippen LogP contribution in [0.1, 0.15) is 24.8 Å². The van der Waals surface area contributed by atoms with Crippen LogP contribution < -0.4 is 10.1 Å². The van der Waals surface area contributed by atoms with Gasteiger partial charge in [-0.1, -0.05) is 17.7 Å². The summed E-state index contributed by atoms with van der Waals surface area (Å²) in [4.78, 5) is 0. The zero-order chi connectivity index (χ0) is 11.0. The minimum atomic E-state index is 0.0724. The second-order valence-corrected chi connectivity index (χ2v) is 5.22. The molecular formula is C13H16ClNO. The Balaban J connectivity index is 1.89. The Morgan fingerprint density at radius 1 is 1.19 bits per heavy atom. The summed E-state index contributed by atoms with van der Waals surface area (Å²) in [5.41, 5.74) is 1.37. The molecule has 0 radical (unpaired) electrons. The van der Waals surface area contributed by atoms with Gasteiger partial charge in [0, 0.05) is 5.02 Å². The average molecular weight is 238 g/mol. The Morgan fingerprint density at radius 2 is 2.00 bits per heavy atom. The molecule has 0 saturated carbocycles. The lowest BCUT2D eigenvalue weighted by atomic mass is 9.84. The van der Waals surface area contributed by atoms with Crippen LogP contribution in [0.15, 0.2) is 18.2 Å². The fourth-order valence-electron chi connectivity index (χ4n) is 2.71. The van der Waals surface area contributed by atoms with E-state index in [2.05, 4.69) is 11.4 Å². The van der Waals surface area contributed by atoms with Gasteiger partial charge in [0.15, 0.2) is 0 Å². The number of rotatable bonds is 0. The fraction of sp³-hybridized carbons (Fsp3) is 0.538. The summed E-state index contributed by atoms with van der Waals surface area (Å²) in [7, 11) is 0. The molecular weight excluding hydrogens is 222 g/mol. The van der Waals surface area contributed by atoms with Gasteiger partial charge in [-0.2, -0.15) is 0 Å². The molecule has 2 heterocycles. The maximum Gasteiger partial charge on any atom is 0.124 e. The molecule has 1 aromatic carbocycles. The Hall–Kier alpha value is -0.730. The van der Waals surface area contributed by atoms with E-state index in [-0.39, 0.29) is 5.60 Å². The highest BCUT2D eigenvalue weighted by atomic mass is 35.5. The van der Waals surface area contributed by atoms with Gasteiger partial charge in [0.05, 0.1) is 0 Å². The second kappa shape index (κ2) is 3.94. The molecule has 0 atom stereocenters. The lowest BCUT2D eigenvalue weighted by Gasteiger charge is -2.41. The third-order valence-electron chi connectivity index (χ3n) is 3.72. The van der Waals surface area contributed by atoms with Gasteiger partial charge in [0.25, 0.3) is 0 Å². The molecule has 2 aliphatic rings. The SMILES string of the molecule is Clc1ccc2c(c1)OC1(CCNCC1)CC2. The van der Waals surface area contributed by atoms with Crippen LogP contribution in [0.3, 0.4) is 0 Å². The van der Waals surface area contributed by atoms with E-state index >= 15 is 0 Å². The summed E-state index contributed by atoms with van der Waals surface area (Å²) in [5.74, 6) is 1.00. The quantitative estimate of drug-likeness (QED) is 0.749. The maximum atomic E-state index is 6.22. The minimum Gasteiger partial charge on any atom is -0.487 e. The van der Waals surface area contributed by atoms with E-state index in [1.54, 1.807) is 0 Å². The molecule has 2 aliphatic heterocycles. The lowest BCUT2D eigenvalue weighted by molar-refractivity contribution is 0.0170. The summed E-state index contributed by atoms with van der Waals surface area (Å²) in [6.45, 7) is 2.13. The van der Waals surface area contributed by atoms with Crippen LogP contribution >= 0.6 is 11.6 Å². The monoisotopic (exact) mass is 237 g/mol. The molecule has 3 rings (SSSR count). The predicted octanol–water partition coefficient (Wildman–Crippen LogP) is 2.79. The first-order valence-electron chi connectivity index (χ1n) is 5.96. The third-order valence-corrected chi connectivity index (χ3v) is 3.96. The van der Waals surface area contributed by atoms with Crippen molar-refractivity contribution in [3.8, 4) is 5.75 Å². The molecule has 0 bridgehead atoms. The van der Waals surface area contributed by atoms with Gasteiger partial charge < -0.3 is 10.1 Å². The third kappa shape index (κ3) is 1.80. The van der Waals surface area contributed by atoms with Gasteiger partial charge in [0.1, 0.15) is 11.4 Å². The number of piperidine rings is 1. The van der Waals surface area contributed by atoms with Gasteiger partial charge in [-0.15, -0.1) is 0 Å². The molecule has 16 heavy (non-hydrogen) atoms. The molecule has 1 saturated heterocycles. The normalized spacial score (nSPS) is 22.6. The lowest BCUT2D eigenvalue weighted by Crippen LogP contribution is -2.48. The van der Waals surface area contributed by atoms with Gasteiger partial charge in [0.2, 0.25) is 0 Å². The summed E-state index contributed by atoms with van der Waals surface area (Å²) >= 11 is 6.01. The average Bonchev–Trinajstić information content (AvgIpc) is 2.29. The molecule has 1 aromatic rings. The summed E-state index contributed by atoms with van der Waals surface area (Å²) < 4.78 is 6.22. The van der Waals surface area contributed by atoms with Crippen molar-refractivity contribution in [3.63, 3.8) is 0 Å². The van der Waals surface area contributed by atoms with E-state index in [0.717, 1.165) is 49.5 Å². The van der Waals surface area contributed by atoms with Crippen LogP contribution in [0, 0.1) is 0 Å². The maximum absolute atomic E-state index is 6.22. The van der Waals surface area contributed by atoms with Gasteiger partial charge in [-0.05, 0) is 56.5 Å². The van der Waals surface area contributed by atoms with Crippen LogP contribution in [-0.2, 0) is 6.42 Å². The Morgan fingerprint density at radius 3 is 2.81 bits per heavy atom. The Labute approximate surface area is 101 Å².